The van der Waals surface area contributed by atoms with Gasteiger partial charge in [-0.2, -0.15) is 5.26 Å². The standard InChI is InChI=1S/C11H16N2O2/c1-15-10(14)8-6-11(4-2-3-5-11)9(7-12)13-8/h8-9,13H,2-6H2,1H3/t8-,9?/m0/s1. The van der Waals surface area contributed by atoms with Gasteiger partial charge in [-0.1, -0.05) is 12.8 Å². The molecule has 0 radical (unpaired) electrons. The molecule has 2 aliphatic rings. The molecule has 1 saturated carbocycles. The van der Waals surface area contributed by atoms with Gasteiger partial charge in [0.2, 0.25) is 0 Å². The highest BCUT2D eigenvalue weighted by molar-refractivity contribution is 5.76. The van der Waals surface area contributed by atoms with E-state index in [0.717, 1.165) is 19.3 Å². The number of nitrogens with zero attached hydrogens (tertiary/aromatic N) is 1. The molecule has 4 nitrogen and oxygen atoms in total. The summed E-state index contributed by atoms with van der Waals surface area (Å²) in [6.07, 6.45) is 5.23. The van der Waals surface area contributed by atoms with Gasteiger partial charge in [-0.05, 0) is 19.3 Å². The average Bonchev–Trinajstić information content (AvgIpc) is 2.86. The van der Waals surface area contributed by atoms with Crippen LogP contribution in [0.3, 0.4) is 0 Å². The molecule has 1 saturated heterocycles. The number of methoxy groups -OCH3 is 1. The highest BCUT2D eigenvalue weighted by Crippen LogP contribution is 2.48. The lowest BCUT2D eigenvalue weighted by atomic mass is 9.78. The first-order valence-electron chi connectivity index (χ1n) is 5.45. The number of rotatable bonds is 1. The number of hydrogen-bond acceptors (Lipinski definition) is 4. The molecule has 0 aromatic rings. The van der Waals surface area contributed by atoms with Crippen molar-refractivity contribution in [2.75, 3.05) is 7.11 Å². The Hall–Kier alpha value is -1.08. The minimum atomic E-state index is -0.280. The van der Waals surface area contributed by atoms with Gasteiger partial charge < -0.3 is 4.74 Å². The highest BCUT2D eigenvalue weighted by atomic mass is 16.5. The minimum absolute atomic E-state index is 0.0353. The van der Waals surface area contributed by atoms with Crippen molar-refractivity contribution in [3.05, 3.63) is 0 Å². The third-order valence-electron chi connectivity index (χ3n) is 3.81. The zero-order valence-electron chi connectivity index (χ0n) is 8.95. The Bertz CT molecular complexity index is 302. The van der Waals surface area contributed by atoms with Crippen molar-refractivity contribution in [1.29, 1.82) is 5.26 Å². The zero-order valence-corrected chi connectivity index (χ0v) is 8.95. The molecule has 0 bridgehead atoms. The van der Waals surface area contributed by atoms with Gasteiger partial charge in [0, 0.05) is 5.41 Å². The van der Waals surface area contributed by atoms with Gasteiger partial charge in [-0.15, -0.1) is 0 Å². The number of esters is 1. The fourth-order valence-electron chi connectivity index (χ4n) is 3.00. The van der Waals surface area contributed by atoms with Crippen molar-refractivity contribution in [3.8, 4) is 6.07 Å². The summed E-state index contributed by atoms with van der Waals surface area (Å²) in [7, 11) is 1.39. The van der Waals surface area contributed by atoms with E-state index in [2.05, 4.69) is 11.4 Å². The van der Waals surface area contributed by atoms with E-state index in [0.29, 0.717) is 0 Å². The molecule has 1 heterocycles. The summed E-state index contributed by atoms with van der Waals surface area (Å²) in [6.45, 7) is 0. The normalized spacial score (nSPS) is 32.8. The number of nitriles is 1. The van der Waals surface area contributed by atoms with Crippen LogP contribution in [0.5, 0.6) is 0 Å². The fraction of sp³-hybridized carbons (Fsp3) is 0.818. The van der Waals surface area contributed by atoms with Crippen molar-refractivity contribution in [2.24, 2.45) is 5.41 Å². The first-order chi connectivity index (χ1) is 7.22. The largest absolute Gasteiger partial charge is 0.468 e. The van der Waals surface area contributed by atoms with Crippen LogP contribution in [-0.4, -0.2) is 25.2 Å². The summed E-state index contributed by atoms with van der Waals surface area (Å²) in [4.78, 5) is 11.4. The Kier molecular flexibility index (Phi) is 2.66. The minimum Gasteiger partial charge on any atom is -0.468 e. The number of nitrogens with one attached hydrogen (secondary N) is 1. The van der Waals surface area contributed by atoms with Crippen LogP contribution >= 0.6 is 0 Å². The monoisotopic (exact) mass is 208 g/mol. The Labute approximate surface area is 89.6 Å². The second-order valence-electron chi connectivity index (χ2n) is 4.58. The third-order valence-corrected chi connectivity index (χ3v) is 3.81. The van der Waals surface area contributed by atoms with E-state index in [4.69, 9.17) is 10.00 Å². The molecule has 1 aliphatic heterocycles. The Morgan fingerprint density at radius 3 is 2.73 bits per heavy atom. The maximum Gasteiger partial charge on any atom is 0.322 e. The molecule has 0 amide bonds. The van der Waals surface area contributed by atoms with E-state index in [1.54, 1.807) is 0 Å². The Balaban J connectivity index is 2.14. The van der Waals surface area contributed by atoms with Crippen molar-refractivity contribution in [2.45, 2.75) is 44.2 Å². The van der Waals surface area contributed by atoms with Gasteiger partial charge in [0.05, 0.1) is 13.2 Å². The quantitative estimate of drug-likeness (QED) is 0.652. The Morgan fingerprint density at radius 1 is 1.53 bits per heavy atom. The summed E-state index contributed by atoms with van der Waals surface area (Å²) in [6, 6.07) is 1.83. The highest BCUT2D eigenvalue weighted by Gasteiger charge is 2.50. The SMILES string of the molecule is COC(=O)[C@@H]1CC2(CCCC2)C(C#N)N1. The third kappa shape index (κ3) is 1.61. The van der Waals surface area contributed by atoms with E-state index in [-0.39, 0.29) is 23.5 Å². The van der Waals surface area contributed by atoms with Gasteiger partial charge >= 0.3 is 5.97 Å². The van der Waals surface area contributed by atoms with Crippen LogP contribution in [0.2, 0.25) is 0 Å². The van der Waals surface area contributed by atoms with Crippen molar-refractivity contribution >= 4 is 5.97 Å². The van der Waals surface area contributed by atoms with Crippen LogP contribution in [0, 0.1) is 16.7 Å². The van der Waals surface area contributed by atoms with Crippen LogP contribution in [0.15, 0.2) is 0 Å². The van der Waals surface area contributed by atoms with Crippen LogP contribution in [0.4, 0.5) is 0 Å². The smallest absolute Gasteiger partial charge is 0.322 e. The van der Waals surface area contributed by atoms with Crippen molar-refractivity contribution in [1.82, 2.24) is 5.32 Å². The van der Waals surface area contributed by atoms with Gasteiger partial charge in [-0.3, -0.25) is 10.1 Å². The van der Waals surface area contributed by atoms with Crippen LogP contribution in [-0.2, 0) is 9.53 Å². The first-order valence-corrected chi connectivity index (χ1v) is 5.45. The number of carbonyl (C=O) groups is 1. The van der Waals surface area contributed by atoms with E-state index in [1.807, 2.05) is 0 Å². The second-order valence-corrected chi connectivity index (χ2v) is 4.58. The zero-order chi connectivity index (χ0) is 10.9. The molecular formula is C11H16N2O2. The lowest BCUT2D eigenvalue weighted by molar-refractivity contribution is -0.142. The molecule has 1 unspecified atom stereocenters. The molecule has 2 atom stereocenters. The lowest BCUT2D eigenvalue weighted by Gasteiger charge is -2.24. The van der Waals surface area contributed by atoms with Gasteiger partial charge in [0.1, 0.15) is 12.1 Å². The number of carbonyl (C=O) groups excluding carboxylic acids is 1. The predicted molar refractivity (Wildman–Crippen MR) is 53.9 cm³/mol. The van der Waals surface area contributed by atoms with E-state index in [1.165, 1.54) is 20.0 Å². The van der Waals surface area contributed by atoms with Gasteiger partial charge in [0.15, 0.2) is 0 Å². The second kappa shape index (κ2) is 3.82. The molecule has 0 aromatic carbocycles. The molecule has 1 spiro atoms. The van der Waals surface area contributed by atoms with Crippen LogP contribution < -0.4 is 5.32 Å². The Morgan fingerprint density at radius 2 is 2.20 bits per heavy atom. The van der Waals surface area contributed by atoms with Crippen LogP contribution in [0.1, 0.15) is 32.1 Å². The predicted octanol–water partition coefficient (Wildman–Crippen LogP) is 0.974. The summed E-state index contributed by atoms with van der Waals surface area (Å²) < 4.78 is 4.72. The first kappa shape index (κ1) is 10.4. The molecule has 1 aliphatic carbocycles. The fourth-order valence-corrected chi connectivity index (χ4v) is 3.00. The summed E-state index contributed by atoms with van der Waals surface area (Å²) in [5.41, 5.74) is 0.0353. The van der Waals surface area contributed by atoms with Crippen LogP contribution in [0.25, 0.3) is 0 Å². The molecule has 2 fully saturated rings. The van der Waals surface area contributed by atoms with Gasteiger partial charge in [-0.25, -0.2) is 0 Å². The molecule has 4 heteroatoms. The lowest BCUT2D eigenvalue weighted by Crippen LogP contribution is -2.37. The average molecular weight is 208 g/mol. The van der Waals surface area contributed by atoms with E-state index >= 15 is 0 Å². The maximum atomic E-state index is 11.4. The maximum absolute atomic E-state index is 11.4. The summed E-state index contributed by atoms with van der Waals surface area (Å²) >= 11 is 0. The topological polar surface area (TPSA) is 62.1 Å². The van der Waals surface area contributed by atoms with E-state index in [9.17, 15) is 4.79 Å². The molecule has 1 N–H and O–H groups in total. The number of hydrogen-bond donors (Lipinski definition) is 1. The van der Waals surface area contributed by atoms with E-state index < -0.39 is 0 Å². The summed E-state index contributed by atoms with van der Waals surface area (Å²) in [5.74, 6) is -0.237. The molecule has 15 heavy (non-hydrogen) atoms. The van der Waals surface area contributed by atoms with Gasteiger partial charge in [0.25, 0.3) is 0 Å². The summed E-state index contributed by atoms with van der Waals surface area (Å²) in [5, 5.41) is 12.2. The van der Waals surface area contributed by atoms with Crippen molar-refractivity contribution in [3.63, 3.8) is 0 Å². The molecular weight excluding hydrogens is 192 g/mol. The molecule has 0 aromatic heterocycles. The molecule has 2 rings (SSSR count). The van der Waals surface area contributed by atoms with Crippen molar-refractivity contribution < 1.29 is 9.53 Å². The number of ether oxygens (including phenoxy) is 1. The molecule has 82 valence electrons.